The van der Waals surface area contributed by atoms with Crippen molar-refractivity contribution in [1.29, 1.82) is 0 Å². The van der Waals surface area contributed by atoms with Gasteiger partial charge < -0.3 is 10.5 Å². The van der Waals surface area contributed by atoms with Gasteiger partial charge in [-0.25, -0.2) is 0 Å². The van der Waals surface area contributed by atoms with Crippen molar-refractivity contribution in [2.45, 2.75) is 38.7 Å². The molecule has 1 aromatic carbocycles. The molecule has 0 radical (unpaired) electrons. The van der Waals surface area contributed by atoms with Crippen LogP contribution in [0.25, 0.3) is 0 Å². The van der Waals surface area contributed by atoms with Gasteiger partial charge >= 0.3 is 0 Å². The van der Waals surface area contributed by atoms with Gasteiger partial charge in [0.25, 0.3) is 0 Å². The monoisotopic (exact) mass is 299 g/mol. The molecule has 1 unspecified atom stereocenters. The van der Waals surface area contributed by atoms with Crippen LogP contribution in [-0.2, 0) is 4.74 Å². The lowest BCUT2D eigenvalue weighted by atomic mass is 9.96. The molecule has 0 aliphatic rings. The van der Waals surface area contributed by atoms with Gasteiger partial charge in [-0.1, -0.05) is 28.1 Å². The molecular formula is C14H22BrNO. The average Bonchev–Trinajstić information content (AvgIpc) is 2.24. The number of hydrogen-bond acceptors (Lipinski definition) is 2. The Kier molecular flexibility index (Phi) is 5.63. The predicted molar refractivity (Wildman–Crippen MR) is 76.3 cm³/mol. The molecule has 0 aromatic heterocycles. The zero-order valence-electron chi connectivity index (χ0n) is 10.9. The summed E-state index contributed by atoms with van der Waals surface area (Å²) >= 11 is 3.44. The van der Waals surface area contributed by atoms with Crippen LogP contribution in [0.1, 0.15) is 38.7 Å². The van der Waals surface area contributed by atoms with Crippen LogP contribution >= 0.6 is 15.9 Å². The lowest BCUT2D eigenvalue weighted by Crippen LogP contribution is -2.22. The van der Waals surface area contributed by atoms with Crippen molar-refractivity contribution >= 4 is 15.9 Å². The van der Waals surface area contributed by atoms with E-state index in [2.05, 4.69) is 61.0 Å². The summed E-state index contributed by atoms with van der Waals surface area (Å²) in [5.74, 6) is 0.380. The lowest BCUT2D eigenvalue weighted by molar-refractivity contribution is -0.00601. The lowest BCUT2D eigenvalue weighted by Gasteiger charge is -2.22. The third kappa shape index (κ3) is 5.66. The standard InChI is InChI=1S/C14H22BrNO/c1-14(2,3)17-9-8-12(10-16)11-4-6-13(15)7-5-11/h4-7,12H,8-10,16H2,1-3H3. The number of ether oxygens (including phenoxy) is 1. The molecule has 1 aromatic rings. The Morgan fingerprint density at radius 2 is 1.82 bits per heavy atom. The van der Waals surface area contributed by atoms with E-state index in [1.807, 2.05) is 0 Å². The van der Waals surface area contributed by atoms with E-state index in [0.29, 0.717) is 12.5 Å². The minimum atomic E-state index is -0.0706. The summed E-state index contributed by atoms with van der Waals surface area (Å²) in [6.45, 7) is 7.63. The van der Waals surface area contributed by atoms with Crippen LogP contribution in [0.2, 0.25) is 0 Å². The normalized spacial score (nSPS) is 13.7. The SMILES string of the molecule is CC(C)(C)OCCC(CN)c1ccc(Br)cc1. The van der Waals surface area contributed by atoms with Crippen molar-refractivity contribution in [2.75, 3.05) is 13.2 Å². The molecular weight excluding hydrogens is 278 g/mol. The molecule has 0 aliphatic heterocycles. The van der Waals surface area contributed by atoms with E-state index in [9.17, 15) is 0 Å². The summed E-state index contributed by atoms with van der Waals surface area (Å²) in [6, 6.07) is 8.36. The van der Waals surface area contributed by atoms with Gasteiger partial charge in [0.05, 0.1) is 5.60 Å². The van der Waals surface area contributed by atoms with Crippen molar-refractivity contribution < 1.29 is 4.74 Å². The first-order valence-electron chi connectivity index (χ1n) is 6.02. The van der Waals surface area contributed by atoms with Gasteiger partial charge in [0.1, 0.15) is 0 Å². The van der Waals surface area contributed by atoms with Crippen molar-refractivity contribution in [3.05, 3.63) is 34.3 Å². The van der Waals surface area contributed by atoms with Gasteiger partial charge in [0.15, 0.2) is 0 Å². The molecule has 0 fully saturated rings. The second kappa shape index (κ2) is 6.53. The number of hydrogen-bond donors (Lipinski definition) is 1. The highest BCUT2D eigenvalue weighted by molar-refractivity contribution is 9.10. The second-order valence-electron chi connectivity index (χ2n) is 5.23. The summed E-state index contributed by atoms with van der Waals surface area (Å²) < 4.78 is 6.84. The van der Waals surface area contributed by atoms with Crippen LogP contribution in [0.3, 0.4) is 0 Å². The van der Waals surface area contributed by atoms with Gasteiger partial charge in [-0.05, 0) is 57.4 Å². The summed E-state index contributed by atoms with van der Waals surface area (Å²) in [5, 5.41) is 0. The molecule has 0 amide bonds. The molecule has 0 saturated heterocycles. The van der Waals surface area contributed by atoms with Crippen molar-refractivity contribution in [1.82, 2.24) is 0 Å². The molecule has 2 N–H and O–H groups in total. The molecule has 1 atom stereocenters. The second-order valence-corrected chi connectivity index (χ2v) is 6.15. The first kappa shape index (κ1) is 14.7. The van der Waals surface area contributed by atoms with E-state index in [1.165, 1.54) is 5.56 Å². The predicted octanol–water partition coefficient (Wildman–Crippen LogP) is 3.70. The summed E-state index contributed by atoms with van der Waals surface area (Å²) in [4.78, 5) is 0. The van der Waals surface area contributed by atoms with Gasteiger partial charge in [0, 0.05) is 11.1 Å². The molecule has 0 saturated carbocycles. The maximum atomic E-state index is 5.83. The van der Waals surface area contributed by atoms with E-state index in [1.54, 1.807) is 0 Å². The summed E-state index contributed by atoms with van der Waals surface area (Å²) in [6.07, 6.45) is 0.968. The molecule has 0 spiro atoms. The smallest absolute Gasteiger partial charge is 0.0598 e. The zero-order chi connectivity index (χ0) is 12.9. The highest BCUT2D eigenvalue weighted by Crippen LogP contribution is 2.21. The van der Waals surface area contributed by atoms with E-state index < -0.39 is 0 Å². The molecule has 1 rings (SSSR count). The average molecular weight is 300 g/mol. The Bertz CT molecular complexity index is 329. The fraction of sp³-hybridized carbons (Fsp3) is 0.571. The van der Waals surface area contributed by atoms with Crippen molar-refractivity contribution in [3.8, 4) is 0 Å². The topological polar surface area (TPSA) is 35.2 Å². The van der Waals surface area contributed by atoms with Crippen LogP contribution < -0.4 is 5.73 Å². The van der Waals surface area contributed by atoms with Crippen LogP contribution in [0.4, 0.5) is 0 Å². The minimum Gasteiger partial charge on any atom is -0.376 e. The van der Waals surface area contributed by atoms with E-state index in [-0.39, 0.29) is 5.60 Å². The largest absolute Gasteiger partial charge is 0.376 e. The molecule has 0 aliphatic carbocycles. The minimum absolute atomic E-state index is 0.0706. The molecule has 96 valence electrons. The molecule has 17 heavy (non-hydrogen) atoms. The quantitative estimate of drug-likeness (QED) is 0.900. The van der Waals surface area contributed by atoms with Gasteiger partial charge in [0.2, 0.25) is 0 Å². The Balaban J connectivity index is 2.51. The number of benzene rings is 1. The molecule has 0 bridgehead atoms. The maximum Gasteiger partial charge on any atom is 0.0598 e. The highest BCUT2D eigenvalue weighted by atomic mass is 79.9. The first-order chi connectivity index (χ1) is 7.92. The molecule has 0 heterocycles. The van der Waals surface area contributed by atoms with Gasteiger partial charge in [-0.15, -0.1) is 0 Å². The van der Waals surface area contributed by atoms with E-state index in [4.69, 9.17) is 10.5 Å². The van der Waals surface area contributed by atoms with Gasteiger partial charge in [-0.3, -0.25) is 0 Å². The highest BCUT2D eigenvalue weighted by Gasteiger charge is 2.13. The Labute approximate surface area is 113 Å². The maximum absolute atomic E-state index is 5.83. The Morgan fingerprint density at radius 3 is 2.29 bits per heavy atom. The van der Waals surface area contributed by atoms with E-state index >= 15 is 0 Å². The van der Waals surface area contributed by atoms with Crippen LogP contribution in [-0.4, -0.2) is 18.8 Å². The Morgan fingerprint density at radius 1 is 1.24 bits per heavy atom. The zero-order valence-corrected chi connectivity index (χ0v) is 12.5. The third-order valence-corrected chi connectivity index (χ3v) is 3.16. The van der Waals surface area contributed by atoms with Crippen LogP contribution in [0.5, 0.6) is 0 Å². The van der Waals surface area contributed by atoms with Gasteiger partial charge in [-0.2, -0.15) is 0 Å². The van der Waals surface area contributed by atoms with Crippen LogP contribution in [0, 0.1) is 0 Å². The summed E-state index contributed by atoms with van der Waals surface area (Å²) in [7, 11) is 0. The van der Waals surface area contributed by atoms with Crippen molar-refractivity contribution in [3.63, 3.8) is 0 Å². The fourth-order valence-corrected chi connectivity index (χ4v) is 1.93. The third-order valence-electron chi connectivity index (χ3n) is 2.63. The Hall–Kier alpha value is -0.380. The number of halogens is 1. The van der Waals surface area contributed by atoms with E-state index in [0.717, 1.165) is 17.5 Å². The van der Waals surface area contributed by atoms with Crippen molar-refractivity contribution in [2.24, 2.45) is 5.73 Å². The first-order valence-corrected chi connectivity index (χ1v) is 6.81. The number of nitrogens with two attached hydrogens (primary N) is 1. The molecule has 3 heteroatoms. The number of rotatable bonds is 5. The fourth-order valence-electron chi connectivity index (χ4n) is 1.66. The molecule has 2 nitrogen and oxygen atoms in total. The van der Waals surface area contributed by atoms with Crippen LogP contribution in [0.15, 0.2) is 28.7 Å². The summed E-state index contributed by atoms with van der Waals surface area (Å²) in [5.41, 5.74) is 7.04.